The molecule has 1 heterocycles. The number of hydrogen-bond donors (Lipinski definition) is 1. The summed E-state index contributed by atoms with van der Waals surface area (Å²) in [6.07, 6.45) is 0. The molecule has 6 nitrogen and oxygen atoms in total. The van der Waals surface area contributed by atoms with E-state index in [9.17, 15) is 14.0 Å². The van der Waals surface area contributed by atoms with Crippen LogP contribution < -0.4 is 5.32 Å². The summed E-state index contributed by atoms with van der Waals surface area (Å²) in [7, 11) is 1.33. The number of esters is 1. The molecule has 0 unspecified atom stereocenters. The van der Waals surface area contributed by atoms with Crippen LogP contribution in [-0.2, 0) is 16.1 Å². The maximum atomic E-state index is 13.7. The molecule has 2 rings (SSSR count). The van der Waals surface area contributed by atoms with Crippen molar-refractivity contribution in [1.82, 2.24) is 10.2 Å². The van der Waals surface area contributed by atoms with Gasteiger partial charge < -0.3 is 15.0 Å². The molecule has 1 aromatic rings. The van der Waals surface area contributed by atoms with Gasteiger partial charge in [0.2, 0.25) is 0 Å². The van der Waals surface area contributed by atoms with Gasteiger partial charge in [-0.3, -0.25) is 4.79 Å². The van der Waals surface area contributed by atoms with Gasteiger partial charge in [-0.2, -0.15) is 5.26 Å². The number of nitriles is 1. The number of likely N-dealkylation sites (tertiary alicyclic amines) is 1. The molecule has 0 aliphatic carbocycles. The van der Waals surface area contributed by atoms with Crippen molar-refractivity contribution in [2.24, 2.45) is 11.3 Å². The van der Waals surface area contributed by atoms with Gasteiger partial charge in [0.1, 0.15) is 5.82 Å². The molecule has 1 fully saturated rings. The first-order valence-electron chi connectivity index (χ1n) is 7.61. The largest absolute Gasteiger partial charge is 0.469 e. The number of hydrogen-bond acceptors (Lipinski definition) is 4. The zero-order chi connectivity index (χ0) is 17.9. The van der Waals surface area contributed by atoms with Crippen LogP contribution in [0.25, 0.3) is 0 Å². The monoisotopic (exact) mass is 333 g/mol. The number of benzene rings is 1. The van der Waals surface area contributed by atoms with E-state index < -0.39 is 11.2 Å². The predicted octanol–water partition coefficient (Wildman–Crippen LogP) is 2.04. The number of nitrogens with one attached hydrogen (secondary N) is 1. The summed E-state index contributed by atoms with van der Waals surface area (Å²) in [5.41, 5.74) is -0.183. The second kappa shape index (κ2) is 6.87. The van der Waals surface area contributed by atoms with E-state index in [2.05, 4.69) is 5.32 Å². The summed E-state index contributed by atoms with van der Waals surface area (Å²) in [5.74, 6) is -0.879. The molecule has 128 valence electrons. The van der Waals surface area contributed by atoms with Gasteiger partial charge in [0, 0.05) is 25.2 Å². The van der Waals surface area contributed by atoms with Gasteiger partial charge in [-0.05, 0) is 31.0 Å². The van der Waals surface area contributed by atoms with Crippen LogP contribution in [0.2, 0.25) is 0 Å². The molecule has 1 aliphatic heterocycles. The van der Waals surface area contributed by atoms with Crippen LogP contribution in [0.15, 0.2) is 18.2 Å². The lowest BCUT2D eigenvalue weighted by Gasteiger charge is -2.24. The maximum absolute atomic E-state index is 13.7. The average molecular weight is 333 g/mol. The van der Waals surface area contributed by atoms with Gasteiger partial charge in [0.25, 0.3) is 0 Å². The van der Waals surface area contributed by atoms with Gasteiger partial charge in [0.05, 0.1) is 24.2 Å². The normalized spacial score (nSPS) is 22.8. The molecule has 0 aromatic heterocycles. The Hall–Kier alpha value is -2.62. The van der Waals surface area contributed by atoms with Crippen molar-refractivity contribution < 1.29 is 18.7 Å². The van der Waals surface area contributed by atoms with Gasteiger partial charge in [-0.1, -0.05) is 6.92 Å². The fourth-order valence-corrected chi connectivity index (χ4v) is 2.86. The molecule has 7 heteroatoms. The molecular weight excluding hydrogens is 313 g/mol. The van der Waals surface area contributed by atoms with Gasteiger partial charge in [-0.25, -0.2) is 9.18 Å². The molecular formula is C17H20FN3O3. The lowest BCUT2D eigenvalue weighted by atomic mass is 9.81. The number of urea groups is 1. The van der Waals surface area contributed by atoms with Gasteiger partial charge >= 0.3 is 12.0 Å². The molecule has 24 heavy (non-hydrogen) atoms. The zero-order valence-electron chi connectivity index (χ0n) is 13.9. The van der Waals surface area contributed by atoms with Crippen LogP contribution in [0.1, 0.15) is 25.0 Å². The van der Waals surface area contributed by atoms with Crippen molar-refractivity contribution in [3.63, 3.8) is 0 Å². The minimum Gasteiger partial charge on any atom is -0.469 e. The third-order valence-corrected chi connectivity index (χ3v) is 4.65. The first-order valence-corrected chi connectivity index (χ1v) is 7.61. The molecule has 1 aliphatic rings. The topological polar surface area (TPSA) is 82.4 Å². The molecule has 1 N–H and O–H groups in total. The maximum Gasteiger partial charge on any atom is 0.317 e. The predicted molar refractivity (Wildman–Crippen MR) is 84.2 cm³/mol. The number of methoxy groups -OCH3 is 1. The third-order valence-electron chi connectivity index (χ3n) is 4.65. The molecule has 0 bridgehead atoms. The Bertz CT molecular complexity index is 701. The molecule has 2 atom stereocenters. The summed E-state index contributed by atoms with van der Waals surface area (Å²) < 4.78 is 18.6. The minimum atomic E-state index is -0.752. The summed E-state index contributed by atoms with van der Waals surface area (Å²) in [4.78, 5) is 25.8. The number of carbonyl (C=O) groups is 2. The third kappa shape index (κ3) is 3.32. The molecule has 1 aromatic carbocycles. The van der Waals surface area contributed by atoms with Crippen molar-refractivity contribution in [2.75, 3.05) is 20.2 Å². The van der Waals surface area contributed by atoms with Crippen molar-refractivity contribution in [3.8, 4) is 6.07 Å². The Balaban J connectivity index is 2.02. The number of nitrogens with zero attached hydrogens (tertiary/aromatic N) is 2. The van der Waals surface area contributed by atoms with Gasteiger partial charge in [-0.15, -0.1) is 0 Å². The van der Waals surface area contributed by atoms with Gasteiger partial charge in [0.15, 0.2) is 0 Å². The molecule has 2 amide bonds. The molecule has 0 saturated carbocycles. The lowest BCUT2D eigenvalue weighted by molar-refractivity contribution is -0.152. The first-order chi connectivity index (χ1) is 11.3. The zero-order valence-corrected chi connectivity index (χ0v) is 13.9. The Morgan fingerprint density at radius 2 is 2.25 bits per heavy atom. The number of ether oxygens (including phenoxy) is 1. The standard InChI is InChI=1S/C17H20FN3O3/c1-11-9-21(10-17(11,2)15(22)24-3)16(23)20-8-13-6-12(7-19)4-5-14(13)18/h4-6,11H,8-10H2,1-3H3,(H,20,23)/t11-,17-/m1/s1. The van der Waals surface area contributed by atoms with E-state index in [1.54, 1.807) is 6.92 Å². The van der Waals surface area contributed by atoms with E-state index in [4.69, 9.17) is 10.00 Å². The van der Waals surface area contributed by atoms with Crippen molar-refractivity contribution >= 4 is 12.0 Å². The van der Waals surface area contributed by atoms with Crippen LogP contribution in [0.4, 0.5) is 9.18 Å². The highest BCUT2D eigenvalue weighted by molar-refractivity contribution is 5.81. The van der Waals surface area contributed by atoms with E-state index in [0.717, 1.165) is 0 Å². The second-order valence-corrected chi connectivity index (χ2v) is 6.27. The van der Waals surface area contributed by atoms with Crippen LogP contribution in [0, 0.1) is 28.5 Å². The number of halogens is 1. The molecule has 1 saturated heterocycles. The van der Waals surface area contributed by atoms with E-state index in [0.29, 0.717) is 12.1 Å². The summed E-state index contributed by atoms with van der Waals surface area (Å²) in [6.45, 7) is 4.29. The fraction of sp³-hybridized carbons (Fsp3) is 0.471. The van der Waals surface area contributed by atoms with Crippen LogP contribution >= 0.6 is 0 Å². The average Bonchev–Trinajstić information content (AvgIpc) is 2.89. The quantitative estimate of drug-likeness (QED) is 0.858. The highest BCUT2D eigenvalue weighted by atomic mass is 19.1. The molecule has 0 radical (unpaired) electrons. The van der Waals surface area contributed by atoms with Crippen molar-refractivity contribution in [1.29, 1.82) is 5.26 Å². The number of carbonyl (C=O) groups excluding carboxylic acids is 2. The Labute approximate surface area is 140 Å². The number of rotatable bonds is 3. The van der Waals surface area contributed by atoms with Crippen molar-refractivity contribution in [3.05, 3.63) is 35.1 Å². The highest BCUT2D eigenvalue weighted by Crippen LogP contribution is 2.36. The minimum absolute atomic E-state index is 0.0278. The highest BCUT2D eigenvalue weighted by Gasteiger charge is 2.48. The number of amides is 2. The fourth-order valence-electron chi connectivity index (χ4n) is 2.86. The van der Waals surface area contributed by atoms with Crippen LogP contribution in [0.3, 0.4) is 0 Å². The SMILES string of the molecule is COC(=O)[C@]1(C)CN(C(=O)NCc2cc(C#N)ccc2F)C[C@H]1C. The Kier molecular flexibility index (Phi) is 5.07. The first kappa shape index (κ1) is 17.7. The Morgan fingerprint density at radius 3 is 2.88 bits per heavy atom. The summed E-state index contributed by atoms with van der Waals surface area (Å²) in [5, 5.41) is 11.5. The summed E-state index contributed by atoms with van der Waals surface area (Å²) in [6, 6.07) is 5.54. The smallest absolute Gasteiger partial charge is 0.317 e. The van der Waals surface area contributed by atoms with Crippen molar-refractivity contribution in [2.45, 2.75) is 20.4 Å². The van der Waals surface area contributed by atoms with E-state index in [-0.39, 0.29) is 36.6 Å². The van der Waals surface area contributed by atoms with E-state index >= 15 is 0 Å². The molecule has 0 spiro atoms. The Morgan fingerprint density at radius 1 is 1.54 bits per heavy atom. The van der Waals surface area contributed by atoms with Crippen LogP contribution in [-0.4, -0.2) is 37.1 Å². The summed E-state index contributed by atoms with van der Waals surface area (Å²) >= 11 is 0. The van der Waals surface area contributed by atoms with Crippen LogP contribution in [0.5, 0.6) is 0 Å². The van der Waals surface area contributed by atoms with E-state index in [1.807, 2.05) is 13.0 Å². The lowest BCUT2D eigenvalue weighted by Crippen LogP contribution is -2.41. The van der Waals surface area contributed by atoms with E-state index in [1.165, 1.54) is 30.2 Å². The second-order valence-electron chi connectivity index (χ2n) is 6.27.